The number of likely N-dealkylation sites (tertiary alicyclic amines) is 1. The van der Waals surface area contributed by atoms with Gasteiger partial charge in [-0.15, -0.1) is 0 Å². The second-order valence-electron chi connectivity index (χ2n) is 5.85. The fraction of sp³-hybridized carbons (Fsp3) is 0.333. The molecule has 2 aromatic rings. The van der Waals surface area contributed by atoms with Gasteiger partial charge in [-0.2, -0.15) is 0 Å². The first kappa shape index (κ1) is 15.3. The van der Waals surface area contributed by atoms with E-state index >= 15 is 0 Å². The minimum Gasteiger partial charge on any atom is -0.480 e. The number of hydrogen-bond acceptors (Lipinski definition) is 2. The van der Waals surface area contributed by atoms with E-state index < -0.39 is 12.0 Å². The van der Waals surface area contributed by atoms with Gasteiger partial charge in [0.25, 0.3) is 0 Å². The zero-order chi connectivity index (χ0) is 16.2. The number of benzene rings is 1. The van der Waals surface area contributed by atoms with E-state index in [2.05, 4.69) is 4.98 Å². The van der Waals surface area contributed by atoms with Crippen LogP contribution in [-0.4, -0.2) is 39.5 Å². The molecule has 1 saturated heterocycles. The number of rotatable bonds is 5. The summed E-state index contributed by atoms with van der Waals surface area (Å²) in [6.45, 7) is 0.551. The number of aryl methyl sites for hydroxylation is 1. The summed E-state index contributed by atoms with van der Waals surface area (Å²) in [5.41, 5.74) is 3.12. The first-order valence-corrected chi connectivity index (χ1v) is 7.91. The minimum atomic E-state index is -0.901. The zero-order valence-corrected chi connectivity index (χ0v) is 12.9. The molecule has 1 aliphatic rings. The van der Waals surface area contributed by atoms with Gasteiger partial charge >= 0.3 is 5.97 Å². The third kappa shape index (κ3) is 3.44. The molecule has 1 amide bonds. The molecular weight excluding hydrogens is 292 g/mol. The summed E-state index contributed by atoms with van der Waals surface area (Å²) in [5.74, 6) is -0.979. The first-order chi connectivity index (χ1) is 11.1. The predicted octanol–water partition coefficient (Wildman–Crippen LogP) is 2.69. The van der Waals surface area contributed by atoms with Gasteiger partial charge in [0.2, 0.25) is 5.91 Å². The van der Waals surface area contributed by atoms with E-state index in [9.17, 15) is 9.59 Å². The Morgan fingerprint density at radius 1 is 1.17 bits per heavy atom. The van der Waals surface area contributed by atoms with E-state index in [1.54, 1.807) is 0 Å². The van der Waals surface area contributed by atoms with E-state index in [0.29, 0.717) is 25.8 Å². The summed E-state index contributed by atoms with van der Waals surface area (Å²) >= 11 is 0. The number of nitrogens with one attached hydrogen (secondary N) is 1. The highest BCUT2D eigenvalue weighted by Crippen LogP contribution is 2.21. The molecule has 3 rings (SSSR count). The van der Waals surface area contributed by atoms with Crippen LogP contribution in [0.3, 0.4) is 0 Å². The van der Waals surface area contributed by atoms with Gasteiger partial charge in [0.15, 0.2) is 0 Å². The summed E-state index contributed by atoms with van der Waals surface area (Å²) < 4.78 is 0. The number of H-pyrrole nitrogens is 1. The van der Waals surface area contributed by atoms with E-state index in [0.717, 1.165) is 23.4 Å². The third-order valence-electron chi connectivity index (χ3n) is 4.30. The standard InChI is InChI=1S/C18H20N2O3/c21-17(20-12-4-7-16(20)18(22)23)11-9-14-8-10-15(19-14)13-5-2-1-3-6-13/h1-3,5-6,8,10,16,19H,4,7,9,11-12H2,(H,22,23). The molecule has 0 aliphatic carbocycles. The molecule has 0 bridgehead atoms. The van der Waals surface area contributed by atoms with Crippen LogP contribution in [0, 0.1) is 0 Å². The van der Waals surface area contributed by atoms with Gasteiger partial charge in [0, 0.05) is 24.4 Å². The molecule has 1 aromatic heterocycles. The molecular formula is C18H20N2O3. The number of amides is 1. The molecule has 120 valence electrons. The summed E-state index contributed by atoms with van der Waals surface area (Å²) in [6, 6.07) is 13.3. The normalized spacial score (nSPS) is 17.4. The van der Waals surface area contributed by atoms with Crippen LogP contribution in [0.2, 0.25) is 0 Å². The summed E-state index contributed by atoms with van der Waals surface area (Å²) in [7, 11) is 0. The quantitative estimate of drug-likeness (QED) is 0.891. The SMILES string of the molecule is O=C(O)C1CCCN1C(=O)CCc1ccc(-c2ccccc2)[nH]1. The number of aliphatic carboxylic acids is 1. The van der Waals surface area contributed by atoms with Crippen LogP contribution in [0.25, 0.3) is 11.3 Å². The Labute approximate surface area is 134 Å². The van der Waals surface area contributed by atoms with Crippen molar-refractivity contribution in [1.29, 1.82) is 0 Å². The number of carboxylic acids is 1. The van der Waals surface area contributed by atoms with Crippen molar-refractivity contribution in [3.05, 3.63) is 48.2 Å². The fourth-order valence-electron chi connectivity index (χ4n) is 3.08. The highest BCUT2D eigenvalue weighted by molar-refractivity contribution is 5.84. The van der Waals surface area contributed by atoms with Crippen LogP contribution >= 0.6 is 0 Å². The van der Waals surface area contributed by atoms with Crippen molar-refractivity contribution in [3.63, 3.8) is 0 Å². The monoisotopic (exact) mass is 312 g/mol. The molecule has 23 heavy (non-hydrogen) atoms. The van der Waals surface area contributed by atoms with E-state index in [1.165, 1.54) is 4.90 Å². The van der Waals surface area contributed by atoms with Gasteiger partial charge in [0.1, 0.15) is 6.04 Å². The maximum atomic E-state index is 12.3. The largest absolute Gasteiger partial charge is 0.480 e. The van der Waals surface area contributed by atoms with Crippen molar-refractivity contribution in [2.75, 3.05) is 6.54 Å². The Balaban J connectivity index is 1.60. The van der Waals surface area contributed by atoms with Crippen molar-refractivity contribution in [1.82, 2.24) is 9.88 Å². The van der Waals surface area contributed by atoms with Crippen molar-refractivity contribution in [2.24, 2.45) is 0 Å². The van der Waals surface area contributed by atoms with E-state index in [-0.39, 0.29) is 5.91 Å². The van der Waals surface area contributed by atoms with Gasteiger partial charge in [-0.3, -0.25) is 4.79 Å². The zero-order valence-electron chi connectivity index (χ0n) is 12.9. The molecule has 2 heterocycles. The van der Waals surface area contributed by atoms with Crippen LogP contribution in [0.5, 0.6) is 0 Å². The highest BCUT2D eigenvalue weighted by atomic mass is 16.4. The predicted molar refractivity (Wildman–Crippen MR) is 86.9 cm³/mol. The number of aromatic nitrogens is 1. The van der Waals surface area contributed by atoms with Gasteiger partial charge < -0.3 is 15.0 Å². The molecule has 1 aromatic carbocycles. The van der Waals surface area contributed by atoms with Crippen LogP contribution in [0.15, 0.2) is 42.5 Å². The molecule has 2 N–H and O–H groups in total. The highest BCUT2D eigenvalue weighted by Gasteiger charge is 2.33. The van der Waals surface area contributed by atoms with Gasteiger partial charge in [-0.1, -0.05) is 30.3 Å². The van der Waals surface area contributed by atoms with Crippen molar-refractivity contribution in [3.8, 4) is 11.3 Å². The first-order valence-electron chi connectivity index (χ1n) is 7.91. The van der Waals surface area contributed by atoms with Gasteiger partial charge in [-0.05, 0) is 37.0 Å². The lowest BCUT2D eigenvalue weighted by Crippen LogP contribution is -2.40. The summed E-state index contributed by atoms with van der Waals surface area (Å²) in [4.78, 5) is 28.2. The molecule has 1 fully saturated rings. The fourth-order valence-corrected chi connectivity index (χ4v) is 3.08. The van der Waals surface area contributed by atoms with Gasteiger partial charge in [-0.25, -0.2) is 4.79 Å². The molecule has 0 radical (unpaired) electrons. The number of nitrogens with zero attached hydrogens (tertiary/aromatic N) is 1. The number of hydrogen-bond donors (Lipinski definition) is 2. The lowest BCUT2D eigenvalue weighted by Gasteiger charge is -2.21. The maximum absolute atomic E-state index is 12.3. The topological polar surface area (TPSA) is 73.4 Å². The lowest BCUT2D eigenvalue weighted by molar-refractivity contribution is -0.148. The summed E-state index contributed by atoms with van der Waals surface area (Å²) in [6.07, 6.45) is 2.25. The van der Waals surface area contributed by atoms with E-state index in [1.807, 2.05) is 42.5 Å². The third-order valence-corrected chi connectivity index (χ3v) is 4.30. The van der Waals surface area contributed by atoms with Crippen molar-refractivity contribution in [2.45, 2.75) is 31.7 Å². The van der Waals surface area contributed by atoms with E-state index in [4.69, 9.17) is 5.11 Å². The number of carboxylic acid groups (broad SMARTS) is 1. The van der Waals surface area contributed by atoms with Crippen LogP contribution in [0.4, 0.5) is 0 Å². The second-order valence-corrected chi connectivity index (χ2v) is 5.85. The second kappa shape index (κ2) is 6.69. The number of aromatic amines is 1. The minimum absolute atomic E-state index is 0.0780. The van der Waals surface area contributed by atoms with Gasteiger partial charge in [0.05, 0.1) is 0 Å². The maximum Gasteiger partial charge on any atom is 0.326 e. The number of carbonyl (C=O) groups is 2. The molecule has 1 atom stereocenters. The summed E-state index contributed by atoms with van der Waals surface area (Å²) in [5, 5.41) is 9.15. The Morgan fingerprint density at radius 2 is 1.96 bits per heavy atom. The van der Waals surface area contributed by atoms with Crippen molar-refractivity contribution >= 4 is 11.9 Å². The Hall–Kier alpha value is -2.56. The van der Waals surface area contributed by atoms with Crippen LogP contribution in [0.1, 0.15) is 25.0 Å². The Bertz CT molecular complexity index is 693. The molecule has 0 spiro atoms. The Kier molecular flexibility index (Phi) is 4.46. The van der Waals surface area contributed by atoms with Crippen molar-refractivity contribution < 1.29 is 14.7 Å². The molecule has 0 saturated carbocycles. The average Bonchev–Trinajstić information content (AvgIpc) is 3.23. The lowest BCUT2D eigenvalue weighted by atomic mass is 10.2. The average molecular weight is 312 g/mol. The smallest absolute Gasteiger partial charge is 0.326 e. The number of carbonyl (C=O) groups excluding carboxylic acids is 1. The van der Waals surface area contributed by atoms with Crippen LogP contribution in [-0.2, 0) is 16.0 Å². The van der Waals surface area contributed by atoms with Crippen LogP contribution < -0.4 is 0 Å². The molecule has 1 unspecified atom stereocenters. The molecule has 5 nitrogen and oxygen atoms in total. The molecule has 5 heteroatoms. The Morgan fingerprint density at radius 3 is 2.70 bits per heavy atom. The molecule has 1 aliphatic heterocycles.